The van der Waals surface area contributed by atoms with Crippen LogP contribution in [0.3, 0.4) is 0 Å². The molecule has 0 aliphatic carbocycles. The summed E-state index contributed by atoms with van der Waals surface area (Å²) in [5.74, 6) is -1.30. The molecule has 4 nitrogen and oxygen atoms in total. The van der Waals surface area contributed by atoms with Gasteiger partial charge < -0.3 is 10.0 Å². The Balaban J connectivity index is 2.14. The summed E-state index contributed by atoms with van der Waals surface area (Å²) in [5.41, 5.74) is 1.78. The van der Waals surface area contributed by atoms with E-state index in [-0.39, 0.29) is 5.91 Å². The van der Waals surface area contributed by atoms with Gasteiger partial charge in [0, 0.05) is 22.2 Å². The van der Waals surface area contributed by atoms with Gasteiger partial charge >= 0.3 is 5.97 Å². The fraction of sp³-hybridized carbons (Fsp3) is 0.429. The second-order valence-corrected chi connectivity index (χ2v) is 6.05. The Hall–Kier alpha value is -1.11. The summed E-state index contributed by atoms with van der Waals surface area (Å²) < 4.78 is 1.05. The third-order valence-corrected chi connectivity index (χ3v) is 4.64. The van der Waals surface area contributed by atoms with Crippen LogP contribution < -0.4 is 0 Å². The summed E-state index contributed by atoms with van der Waals surface area (Å²) in [6.07, 6.45) is 1.41. The first-order valence-corrected chi connectivity index (χ1v) is 7.35. The number of carbonyl (C=O) groups is 2. The third-order valence-electron chi connectivity index (χ3n) is 3.48. The molecule has 1 aliphatic rings. The molecule has 0 spiro atoms. The van der Waals surface area contributed by atoms with Crippen LogP contribution in [0.5, 0.6) is 0 Å². The summed E-state index contributed by atoms with van der Waals surface area (Å²) in [5, 5.41) is 9.05. The number of nitrogens with zero attached hydrogens (tertiary/aromatic N) is 1. The summed E-state index contributed by atoms with van der Waals surface area (Å²) in [6, 6.07) is 5.60. The van der Waals surface area contributed by atoms with Crippen molar-refractivity contribution < 1.29 is 14.7 Å². The minimum Gasteiger partial charge on any atom is -0.481 e. The Morgan fingerprint density at radius 2 is 2.16 bits per heavy atom. The lowest BCUT2D eigenvalue weighted by Crippen LogP contribution is -2.42. The molecule has 0 aromatic heterocycles. The lowest BCUT2D eigenvalue weighted by molar-refractivity contribution is -0.143. The van der Waals surface area contributed by atoms with Crippen molar-refractivity contribution in [2.75, 3.05) is 13.1 Å². The van der Waals surface area contributed by atoms with Crippen molar-refractivity contribution in [3.8, 4) is 0 Å². The number of carbonyl (C=O) groups excluding carboxylic acids is 1. The predicted molar refractivity (Wildman–Crippen MR) is 80.2 cm³/mol. The molecule has 0 saturated carbocycles. The molecule has 1 aromatic rings. The molecule has 1 N–H and O–H groups in total. The number of carboxylic acid groups (broad SMARTS) is 1. The third kappa shape index (κ3) is 3.26. The topological polar surface area (TPSA) is 57.6 Å². The van der Waals surface area contributed by atoms with Gasteiger partial charge in [-0.15, -0.1) is 0 Å². The van der Waals surface area contributed by atoms with Crippen LogP contribution in [0.1, 0.15) is 28.8 Å². The van der Waals surface area contributed by atoms with Crippen LogP contribution in [0.2, 0.25) is 0 Å². The van der Waals surface area contributed by atoms with Crippen LogP contribution in [0.15, 0.2) is 18.2 Å². The maximum Gasteiger partial charge on any atom is 0.308 e. The van der Waals surface area contributed by atoms with Gasteiger partial charge in [-0.2, -0.15) is 0 Å². The van der Waals surface area contributed by atoms with Gasteiger partial charge in [0.2, 0.25) is 0 Å². The smallest absolute Gasteiger partial charge is 0.308 e. The van der Waals surface area contributed by atoms with Crippen LogP contribution in [0, 0.1) is 16.4 Å². The Labute approximate surface area is 125 Å². The number of hydrogen-bond donors (Lipinski definition) is 1. The van der Waals surface area contributed by atoms with Crippen LogP contribution in [0.4, 0.5) is 0 Å². The molecule has 19 heavy (non-hydrogen) atoms. The van der Waals surface area contributed by atoms with Crippen molar-refractivity contribution in [2.24, 2.45) is 5.92 Å². The Bertz CT molecular complexity index is 515. The lowest BCUT2D eigenvalue weighted by atomic mass is 9.97. The van der Waals surface area contributed by atoms with Crippen LogP contribution >= 0.6 is 22.6 Å². The fourth-order valence-electron chi connectivity index (χ4n) is 2.27. The lowest BCUT2D eigenvalue weighted by Gasteiger charge is -2.30. The molecule has 1 fully saturated rings. The Kier molecular flexibility index (Phi) is 4.44. The van der Waals surface area contributed by atoms with E-state index in [9.17, 15) is 9.59 Å². The summed E-state index contributed by atoms with van der Waals surface area (Å²) >= 11 is 2.20. The molecular formula is C14H16INO3. The van der Waals surface area contributed by atoms with Gasteiger partial charge in [-0.05, 0) is 60.1 Å². The molecule has 0 bridgehead atoms. The highest BCUT2D eigenvalue weighted by atomic mass is 127. The fourth-order valence-corrected chi connectivity index (χ4v) is 2.79. The van der Waals surface area contributed by atoms with Crippen LogP contribution in [-0.2, 0) is 4.79 Å². The second kappa shape index (κ2) is 5.90. The number of aliphatic carboxylic acids is 1. The van der Waals surface area contributed by atoms with E-state index in [1.165, 1.54) is 0 Å². The van der Waals surface area contributed by atoms with Gasteiger partial charge in [-0.1, -0.05) is 6.07 Å². The minimum atomic E-state index is -0.809. The standard InChI is InChI=1S/C14H16INO3/c1-9-4-5-10(7-12(9)15)13(17)16-6-2-3-11(8-16)14(18)19/h4-5,7,11H,2-3,6,8H2,1H3,(H,18,19)/t11-/m0/s1. The quantitative estimate of drug-likeness (QED) is 0.811. The summed E-state index contributed by atoms with van der Waals surface area (Å²) in [6.45, 7) is 2.96. The van der Waals surface area contributed by atoms with Crippen molar-refractivity contribution in [3.05, 3.63) is 32.9 Å². The Morgan fingerprint density at radius 1 is 1.42 bits per heavy atom. The summed E-state index contributed by atoms with van der Waals surface area (Å²) in [4.78, 5) is 25.0. The van der Waals surface area contributed by atoms with E-state index in [0.717, 1.165) is 15.6 Å². The van der Waals surface area contributed by atoms with Crippen molar-refractivity contribution in [1.82, 2.24) is 4.90 Å². The largest absolute Gasteiger partial charge is 0.481 e. The molecule has 1 aliphatic heterocycles. The van der Waals surface area contributed by atoms with Crippen molar-refractivity contribution in [3.63, 3.8) is 0 Å². The first-order valence-electron chi connectivity index (χ1n) is 6.27. The molecule has 1 amide bonds. The van der Waals surface area contributed by atoms with E-state index >= 15 is 0 Å². The number of hydrogen-bond acceptors (Lipinski definition) is 2. The Morgan fingerprint density at radius 3 is 2.79 bits per heavy atom. The highest BCUT2D eigenvalue weighted by Gasteiger charge is 2.28. The molecule has 1 atom stereocenters. The molecule has 1 saturated heterocycles. The minimum absolute atomic E-state index is 0.0659. The monoisotopic (exact) mass is 373 g/mol. The molecule has 2 rings (SSSR count). The number of carboxylic acids is 1. The number of aryl methyl sites for hydroxylation is 1. The van der Waals surface area contributed by atoms with Crippen molar-refractivity contribution in [2.45, 2.75) is 19.8 Å². The van der Waals surface area contributed by atoms with Crippen LogP contribution in [0.25, 0.3) is 0 Å². The van der Waals surface area contributed by atoms with Gasteiger partial charge in [0.1, 0.15) is 0 Å². The highest BCUT2D eigenvalue weighted by Crippen LogP contribution is 2.20. The molecule has 102 valence electrons. The number of piperidine rings is 1. The van der Waals surface area contributed by atoms with Gasteiger partial charge in [-0.25, -0.2) is 0 Å². The number of halogens is 1. The van der Waals surface area contributed by atoms with E-state index < -0.39 is 11.9 Å². The van der Waals surface area contributed by atoms with Gasteiger partial charge in [-0.3, -0.25) is 9.59 Å². The highest BCUT2D eigenvalue weighted by molar-refractivity contribution is 14.1. The van der Waals surface area contributed by atoms with Gasteiger partial charge in [0.25, 0.3) is 5.91 Å². The molecular weight excluding hydrogens is 357 g/mol. The van der Waals surface area contributed by atoms with E-state index in [2.05, 4.69) is 22.6 Å². The van der Waals surface area contributed by atoms with Gasteiger partial charge in [0.15, 0.2) is 0 Å². The van der Waals surface area contributed by atoms with E-state index in [1.54, 1.807) is 4.90 Å². The SMILES string of the molecule is Cc1ccc(C(=O)N2CCC[C@H](C(=O)O)C2)cc1I. The molecule has 1 heterocycles. The first kappa shape index (κ1) is 14.3. The first-order chi connectivity index (χ1) is 8.99. The summed E-state index contributed by atoms with van der Waals surface area (Å²) in [7, 11) is 0. The zero-order valence-electron chi connectivity index (χ0n) is 10.7. The van der Waals surface area contributed by atoms with Crippen LogP contribution in [-0.4, -0.2) is 35.0 Å². The zero-order chi connectivity index (χ0) is 14.0. The van der Waals surface area contributed by atoms with E-state index in [1.807, 2.05) is 25.1 Å². The predicted octanol–water partition coefficient (Wildman–Crippen LogP) is 2.54. The van der Waals surface area contributed by atoms with Gasteiger partial charge in [0.05, 0.1) is 5.92 Å². The van der Waals surface area contributed by atoms with Crippen molar-refractivity contribution in [1.29, 1.82) is 0 Å². The molecule has 5 heteroatoms. The maximum atomic E-state index is 12.4. The molecule has 0 unspecified atom stereocenters. The molecule has 0 radical (unpaired) electrons. The number of benzene rings is 1. The van der Waals surface area contributed by atoms with E-state index in [0.29, 0.717) is 25.1 Å². The maximum absolute atomic E-state index is 12.4. The van der Waals surface area contributed by atoms with Crippen molar-refractivity contribution >= 4 is 34.5 Å². The zero-order valence-corrected chi connectivity index (χ0v) is 12.9. The number of amides is 1. The normalized spacial score (nSPS) is 19.3. The van der Waals surface area contributed by atoms with E-state index in [4.69, 9.17) is 5.11 Å². The average molecular weight is 373 g/mol. The second-order valence-electron chi connectivity index (χ2n) is 4.89. The number of rotatable bonds is 2. The molecule has 1 aromatic carbocycles. The average Bonchev–Trinajstić information content (AvgIpc) is 2.41. The number of likely N-dealkylation sites (tertiary alicyclic amines) is 1.